The van der Waals surface area contributed by atoms with Gasteiger partial charge in [0.1, 0.15) is 0 Å². The van der Waals surface area contributed by atoms with Gasteiger partial charge in [0.2, 0.25) is 0 Å². The number of allylic oxidation sites excluding steroid dienone is 1. The first-order valence-corrected chi connectivity index (χ1v) is 8.64. The lowest BCUT2D eigenvalue weighted by atomic mass is 9.89. The molecule has 5 atom stereocenters. The molecular weight excluding hydrogens is 292 g/mol. The highest BCUT2D eigenvalue weighted by Crippen LogP contribution is 2.29. The van der Waals surface area contributed by atoms with Crippen molar-refractivity contribution in [2.45, 2.75) is 91.3 Å². The number of rotatable bonds is 11. The van der Waals surface area contributed by atoms with E-state index in [1.165, 1.54) is 0 Å². The molecule has 0 aliphatic carbocycles. The number of methoxy groups -OCH3 is 1. The van der Waals surface area contributed by atoms with Gasteiger partial charge >= 0.3 is 0 Å². The van der Waals surface area contributed by atoms with Crippen molar-refractivity contribution >= 4 is 0 Å². The molecule has 0 amide bonds. The molecule has 0 spiro atoms. The normalized spacial score (nSPS) is 21.0. The minimum Gasteiger partial charge on any atom is -0.393 e. The van der Waals surface area contributed by atoms with Crippen LogP contribution in [0.25, 0.3) is 0 Å². The van der Waals surface area contributed by atoms with Gasteiger partial charge in [-0.3, -0.25) is 0 Å². The third kappa shape index (κ3) is 8.30. The lowest BCUT2D eigenvalue weighted by Crippen LogP contribution is -2.44. The fourth-order valence-corrected chi connectivity index (χ4v) is 2.63. The first-order chi connectivity index (χ1) is 10.5. The largest absolute Gasteiger partial charge is 0.393 e. The highest BCUT2D eigenvalue weighted by atomic mass is 16.6. The standard InChI is InChI=1S/C19H38O4/c1-10-11-19(8,23-17(5)16(4)21-9)14(2)13-22-18(6,7)12-15(3)20/h10-11,14-17,20H,12-13H2,1-9H3. The molecule has 138 valence electrons. The zero-order chi connectivity index (χ0) is 18.3. The molecular formula is C19H38O4. The molecule has 0 fully saturated rings. The average molecular weight is 331 g/mol. The molecule has 0 aromatic carbocycles. The summed E-state index contributed by atoms with van der Waals surface area (Å²) in [5.41, 5.74) is -0.785. The van der Waals surface area contributed by atoms with Crippen molar-refractivity contribution in [1.29, 1.82) is 0 Å². The van der Waals surface area contributed by atoms with Crippen molar-refractivity contribution in [1.82, 2.24) is 0 Å². The van der Waals surface area contributed by atoms with Gasteiger partial charge in [0, 0.05) is 19.4 Å². The number of aliphatic hydroxyl groups is 1. The van der Waals surface area contributed by atoms with Gasteiger partial charge in [-0.25, -0.2) is 0 Å². The first-order valence-electron chi connectivity index (χ1n) is 8.64. The van der Waals surface area contributed by atoms with E-state index < -0.39 is 5.60 Å². The van der Waals surface area contributed by atoms with E-state index in [9.17, 15) is 5.11 Å². The Morgan fingerprint density at radius 2 is 1.61 bits per heavy atom. The quantitative estimate of drug-likeness (QED) is 0.583. The summed E-state index contributed by atoms with van der Waals surface area (Å²) >= 11 is 0. The lowest BCUT2D eigenvalue weighted by molar-refractivity contribution is -0.144. The summed E-state index contributed by atoms with van der Waals surface area (Å²) in [5, 5.41) is 9.57. The number of aliphatic hydroxyl groups excluding tert-OH is 1. The molecule has 0 rings (SSSR count). The molecule has 0 aliphatic rings. The van der Waals surface area contributed by atoms with Crippen LogP contribution >= 0.6 is 0 Å². The zero-order valence-corrected chi connectivity index (χ0v) is 16.6. The van der Waals surface area contributed by atoms with E-state index in [1.54, 1.807) is 14.0 Å². The maximum absolute atomic E-state index is 9.57. The van der Waals surface area contributed by atoms with Crippen LogP contribution < -0.4 is 0 Å². The maximum Gasteiger partial charge on any atom is 0.0886 e. The zero-order valence-electron chi connectivity index (χ0n) is 16.6. The summed E-state index contributed by atoms with van der Waals surface area (Å²) in [6.07, 6.45) is 4.34. The summed E-state index contributed by atoms with van der Waals surface area (Å²) in [4.78, 5) is 0. The first kappa shape index (κ1) is 22.6. The van der Waals surface area contributed by atoms with E-state index in [0.717, 1.165) is 0 Å². The van der Waals surface area contributed by atoms with Gasteiger partial charge in [-0.15, -0.1) is 0 Å². The third-order valence-corrected chi connectivity index (χ3v) is 4.46. The molecule has 0 aromatic rings. The summed E-state index contributed by atoms with van der Waals surface area (Å²) < 4.78 is 17.7. The smallest absolute Gasteiger partial charge is 0.0886 e. The molecule has 0 saturated carbocycles. The Bertz CT molecular complexity index is 351. The molecule has 23 heavy (non-hydrogen) atoms. The fraction of sp³-hybridized carbons (Fsp3) is 0.895. The second kappa shape index (κ2) is 9.77. The molecule has 0 aliphatic heterocycles. The second-order valence-electron chi connectivity index (χ2n) is 7.47. The average Bonchev–Trinajstić information content (AvgIpc) is 2.42. The molecule has 4 heteroatoms. The van der Waals surface area contributed by atoms with Crippen LogP contribution in [0.3, 0.4) is 0 Å². The summed E-state index contributed by atoms with van der Waals surface area (Å²) in [7, 11) is 1.70. The van der Waals surface area contributed by atoms with E-state index in [4.69, 9.17) is 14.2 Å². The van der Waals surface area contributed by atoms with Crippen molar-refractivity contribution in [3.63, 3.8) is 0 Å². The molecule has 1 N–H and O–H groups in total. The molecule has 0 radical (unpaired) electrons. The van der Waals surface area contributed by atoms with Crippen molar-refractivity contribution < 1.29 is 19.3 Å². The summed E-state index contributed by atoms with van der Waals surface area (Å²) in [6, 6.07) is 0. The van der Waals surface area contributed by atoms with Gasteiger partial charge in [-0.2, -0.15) is 0 Å². The van der Waals surface area contributed by atoms with Crippen LogP contribution in [0.15, 0.2) is 12.2 Å². The molecule has 0 aromatic heterocycles. The van der Waals surface area contributed by atoms with E-state index >= 15 is 0 Å². The number of ether oxygens (including phenoxy) is 3. The van der Waals surface area contributed by atoms with Crippen LogP contribution in [-0.4, -0.2) is 48.3 Å². The Morgan fingerprint density at radius 1 is 1.04 bits per heavy atom. The molecule has 0 heterocycles. The highest BCUT2D eigenvalue weighted by molar-refractivity contribution is 5.02. The van der Waals surface area contributed by atoms with Crippen LogP contribution in [-0.2, 0) is 14.2 Å². The monoisotopic (exact) mass is 330 g/mol. The van der Waals surface area contributed by atoms with Crippen LogP contribution in [0.5, 0.6) is 0 Å². The van der Waals surface area contributed by atoms with Crippen LogP contribution in [0.4, 0.5) is 0 Å². The van der Waals surface area contributed by atoms with E-state index in [2.05, 4.69) is 19.9 Å². The SMILES string of the molecule is CC=CC(C)(OC(C)C(C)OC)C(C)COC(C)(C)CC(C)O. The number of hydrogen-bond donors (Lipinski definition) is 1. The van der Waals surface area contributed by atoms with Crippen LogP contribution in [0, 0.1) is 5.92 Å². The Kier molecular flexibility index (Phi) is 9.60. The molecule has 0 bridgehead atoms. The molecule has 5 unspecified atom stereocenters. The predicted octanol–water partition coefficient (Wildman–Crippen LogP) is 3.96. The van der Waals surface area contributed by atoms with Gasteiger partial charge in [-0.1, -0.05) is 19.1 Å². The fourth-order valence-electron chi connectivity index (χ4n) is 2.63. The van der Waals surface area contributed by atoms with Crippen LogP contribution in [0.1, 0.15) is 61.8 Å². The van der Waals surface area contributed by atoms with E-state index in [0.29, 0.717) is 13.0 Å². The summed E-state index contributed by atoms with van der Waals surface area (Å²) in [6.45, 7) is 16.6. The lowest BCUT2D eigenvalue weighted by Gasteiger charge is -2.38. The van der Waals surface area contributed by atoms with Crippen molar-refractivity contribution in [2.24, 2.45) is 5.92 Å². The molecule has 4 nitrogen and oxygen atoms in total. The van der Waals surface area contributed by atoms with Gasteiger partial charge in [0.15, 0.2) is 0 Å². The third-order valence-electron chi connectivity index (χ3n) is 4.46. The van der Waals surface area contributed by atoms with Crippen LogP contribution in [0.2, 0.25) is 0 Å². The van der Waals surface area contributed by atoms with Gasteiger partial charge in [0.05, 0.1) is 36.1 Å². The number of hydrogen-bond acceptors (Lipinski definition) is 4. The Labute approximate surface area is 143 Å². The Morgan fingerprint density at radius 3 is 2.04 bits per heavy atom. The predicted molar refractivity (Wildman–Crippen MR) is 95.7 cm³/mol. The maximum atomic E-state index is 9.57. The molecule has 0 saturated heterocycles. The van der Waals surface area contributed by atoms with Crippen molar-refractivity contribution in [3.05, 3.63) is 12.2 Å². The highest BCUT2D eigenvalue weighted by Gasteiger charge is 2.34. The van der Waals surface area contributed by atoms with Crippen molar-refractivity contribution in [2.75, 3.05) is 13.7 Å². The van der Waals surface area contributed by atoms with Gasteiger partial charge < -0.3 is 19.3 Å². The van der Waals surface area contributed by atoms with Gasteiger partial charge in [-0.05, 0) is 48.5 Å². The topological polar surface area (TPSA) is 47.9 Å². The Balaban J connectivity index is 4.87. The minimum atomic E-state index is -0.429. The van der Waals surface area contributed by atoms with Crippen molar-refractivity contribution in [3.8, 4) is 0 Å². The summed E-state index contributed by atoms with van der Waals surface area (Å²) in [5.74, 6) is 0.165. The van der Waals surface area contributed by atoms with Gasteiger partial charge in [0.25, 0.3) is 0 Å². The second-order valence-corrected chi connectivity index (χ2v) is 7.47. The van der Waals surface area contributed by atoms with E-state index in [1.807, 2.05) is 40.7 Å². The Hall–Kier alpha value is -0.420. The van der Waals surface area contributed by atoms with E-state index in [-0.39, 0.29) is 29.8 Å². The minimum absolute atomic E-state index is 0.0193.